The third-order valence-electron chi connectivity index (χ3n) is 9.61. The third kappa shape index (κ3) is 9.37. The van der Waals surface area contributed by atoms with Crippen molar-refractivity contribution in [3.8, 4) is 0 Å². The Kier molecular flexibility index (Phi) is 12.2. The molecule has 0 radical (unpaired) electrons. The number of amides is 2. The van der Waals surface area contributed by atoms with E-state index in [4.69, 9.17) is 11.6 Å². The van der Waals surface area contributed by atoms with Crippen molar-refractivity contribution in [1.29, 1.82) is 0 Å². The van der Waals surface area contributed by atoms with Gasteiger partial charge >= 0.3 is 6.18 Å². The van der Waals surface area contributed by atoms with Crippen LogP contribution in [0.2, 0.25) is 5.02 Å². The van der Waals surface area contributed by atoms with Gasteiger partial charge < -0.3 is 20.4 Å². The van der Waals surface area contributed by atoms with Gasteiger partial charge in [0.05, 0.1) is 11.6 Å². The molecule has 2 amide bonds. The van der Waals surface area contributed by atoms with Gasteiger partial charge in [0.25, 0.3) is 0 Å². The molecule has 0 saturated carbocycles. The molecule has 2 N–H and O–H groups in total. The van der Waals surface area contributed by atoms with Crippen LogP contribution in [0.1, 0.15) is 47.6 Å². The van der Waals surface area contributed by atoms with Crippen LogP contribution in [-0.2, 0) is 35.2 Å². The second-order valence-corrected chi connectivity index (χ2v) is 13.2. The highest BCUT2D eigenvalue weighted by Crippen LogP contribution is 2.31. The van der Waals surface area contributed by atoms with Gasteiger partial charge in [-0.3, -0.25) is 14.5 Å². The zero-order valence-corrected chi connectivity index (χ0v) is 28.4. The summed E-state index contributed by atoms with van der Waals surface area (Å²) in [6.07, 6.45) is -3.49. The van der Waals surface area contributed by atoms with Gasteiger partial charge in [0, 0.05) is 63.2 Å². The molecule has 1 fully saturated rings. The maximum absolute atomic E-state index is 14.0. The molecule has 7 nitrogen and oxygen atoms in total. The summed E-state index contributed by atoms with van der Waals surface area (Å²) in [6.45, 7) is 10.1. The molecule has 3 aromatic rings. The van der Waals surface area contributed by atoms with Crippen LogP contribution >= 0.6 is 11.6 Å². The Morgan fingerprint density at radius 3 is 2.21 bits per heavy atom. The Labute approximate surface area is 286 Å². The maximum atomic E-state index is 14.0. The average Bonchev–Trinajstić information content (AvgIpc) is 3.10. The third-order valence-corrected chi connectivity index (χ3v) is 9.86. The van der Waals surface area contributed by atoms with Crippen molar-refractivity contribution in [3.63, 3.8) is 0 Å². The molecule has 0 aliphatic carbocycles. The number of hydrogen-bond acceptors (Lipinski definition) is 5. The molecule has 2 heterocycles. The van der Waals surface area contributed by atoms with Crippen LogP contribution in [-0.4, -0.2) is 91.0 Å². The molecule has 48 heavy (non-hydrogen) atoms. The van der Waals surface area contributed by atoms with Crippen LogP contribution in [0.15, 0.2) is 72.8 Å². The molecule has 2 aliphatic rings. The molecule has 3 atom stereocenters. The first-order valence-corrected chi connectivity index (χ1v) is 17.2. The number of halogens is 4. The zero-order valence-electron chi connectivity index (χ0n) is 27.6. The van der Waals surface area contributed by atoms with Crippen molar-refractivity contribution in [2.24, 2.45) is 0 Å². The SMILES string of the molecule is CCN(CC)CC(CN1CCN(C(=O)[C@@H](Cc2ccc(Cl)cc2)NC(=O)[C@H]2Cc3ccccc3CN2)CC1)c1ccc(C(F)(F)F)cc1. The van der Waals surface area contributed by atoms with Crippen LogP contribution < -0.4 is 10.6 Å². The molecule has 2 aliphatic heterocycles. The van der Waals surface area contributed by atoms with Crippen molar-refractivity contribution in [2.45, 2.75) is 57.4 Å². The van der Waals surface area contributed by atoms with Gasteiger partial charge in [0.2, 0.25) is 11.8 Å². The molecule has 11 heteroatoms. The molecule has 0 spiro atoms. The minimum Gasteiger partial charge on any atom is -0.343 e. The molecule has 1 unspecified atom stereocenters. The van der Waals surface area contributed by atoms with Crippen molar-refractivity contribution in [2.75, 3.05) is 52.4 Å². The molecular formula is C37H45ClF3N5O2. The number of rotatable bonds is 12. The van der Waals surface area contributed by atoms with Crippen molar-refractivity contribution >= 4 is 23.4 Å². The monoisotopic (exact) mass is 683 g/mol. The van der Waals surface area contributed by atoms with E-state index < -0.39 is 23.8 Å². The smallest absolute Gasteiger partial charge is 0.343 e. The van der Waals surface area contributed by atoms with E-state index >= 15 is 0 Å². The summed E-state index contributed by atoms with van der Waals surface area (Å²) in [5.74, 6) is -0.317. The number of piperazine rings is 1. The highest BCUT2D eigenvalue weighted by atomic mass is 35.5. The molecule has 0 bridgehead atoms. The van der Waals surface area contributed by atoms with Crippen molar-refractivity contribution < 1.29 is 22.8 Å². The summed E-state index contributed by atoms with van der Waals surface area (Å²) in [5, 5.41) is 6.99. The van der Waals surface area contributed by atoms with E-state index in [-0.39, 0.29) is 17.7 Å². The lowest BCUT2D eigenvalue weighted by Crippen LogP contribution is -2.58. The summed E-state index contributed by atoms with van der Waals surface area (Å²) in [6, 6.07) is 19.7. The number of nitrogens with zero attached hydrogens (tertiary/aromatic N) is 3. The molecule has 0 aromatic heterocycles. The standard InChI is InChI=1S/C37H45ClF3N5O2/c1-3-44(4-2)24-30(27-11-13-31(14-12-27)37(39,40)41)25-45-17-19-46(20-18-45)36(48)34(21-26-9-15-32(38)16-10-26)43-35(47)33-22-28-7-5-6-8-29(28)23-42-33/h5-16,30,33-34,42H,3-4,17-25H2,1-2H3,(H,43,47)/t30?,33-,34-/m1/s1. The van der Waals surface area contributed by atoms with Crippen molar-refractivity contribution in [3.05, 3.63) is 106 Å². The first kappa shape index (κ1) is 35.9. The van der Waals surface area contributed by atoms with E-state index in [0.29, 0.717) is 57.1 Å². The fraction of sp³-hybridized carbons (Fsp3) is 0.459. The fourth-order valence-electron chi connectivity index (χ4n) is 6.66. The Balaban J connectivity index is 1.24. The lowest BCUT2D eigenvalue weighted by molar-refractivity contribution is -0.138. The number of nitrogens with one attached hydrogen (secondary N) is 2. The predicted octanol–water partition coefficient (Wildman–Crippen LogP) is 5.37. The molecule has 3 aromatic carbocycles. The van der Waals surface area contributed by atoms with Crippen LogP contribution in [0.3, 0.4) is 0 Å². The van der Waals surface area contributed by atoms with E-state index in [0.717, 1.165) is 48.5 Å². The van der Waals surface area contributed by atoms with Crippen molar-refractivity contribution in [1.82, 2.24) is 25.3 Å². The topological polar surface area (TPSA) is 67.9 Å². The Morgan fingerprint density at radius 1 is 0.938 bits per heavy atom. The Hall–Kier alpha value is -3.44. The summed E-state index contributed by atoms with van der Waals surface area (Å²) in [7, 11) is 0. The quantitative estimate of drug-likeness (QED) is 0.269. The minimum atomic E-state index is -4.38. The number of carbonyl (C=O) groups is 2. The Bertz CT molecular complexity index is 1510. The van der Waals surface area contributed by atoms with Gasteiger partial charge in [-0.25, -0.2) is 0 Å². The van der Waals surface area contributed by atoms with E-state index in [1.165, 1.54) is 5.56 Å². The number of hydrogen-bond donors (Lipinski definition) is 2. The molecule has 258 valence electrons. The second-order valence-electron chi connectivity index (χ2n) is 12.7. The molecule has 1 saturated heterocycles. The van der Waals surface area contributed by atoms with Gasteiger partial charge in [-0.15, -0.1) is 0 Å². The lowest BCUT2D eigenvalue weighted by Gasteiger charge is -2.39. The first-order chi connectivity index (χ1) is 23.0. The Morgan fingerprint density at radius 2 is 1.58 bits per heavy atom. The van der Waals surface area contributed by atoms with E-state index in [1.807, 2.05) is 35.2 Å². The van der Waals surface area contributed by atoms with E-state index in [2.05, 4.69) is 40.3 Å². The fourth-order valence-corrected chi connectivity index (χ4v) is 6.78. The maximum Gasteiger partial charge on any atom is 0.416 e. The molecular weight excluding hydrogens is 639 g/mol. The first-order valence-electron chi connectivity index (χ1n) is 16.8. The van der Waals surface area contributed by atoms with E-state index in [1.54, 1.807) is 24.3 Å². The highest BCUT2D eigenvalue weighted by Gasteiger charge is 2.33. The zero-order chi connectivity index (χ0) is 34.3. The lowest BCUT2D eigenvalue weighted by atomic mass is 9.95. The highest BCUT2D eigenvalue weighted by molar-refractivity contribution is 6.30. The van der Waals surface area contributed by atoms with Crippen LogP contribution in [0.5, 0.6) is 0 Å². The predicted molar refractivity (Wildman–Crippen MR) is 183 cm³/mol. The van der Waals surface area contributed by atoms with Gasteiger partial charge in [-0.1, -0.05) is 74.0 Å². The minimum absolute atomic E-state index is 0.0134. The normalized spacial score (nSPS) is 18.3. The van der Waals surface area contributed by atoms with Gasteiger partial charge in [-0.05, 0) is 66.0 Å². The summed E-state index contributed by atoms with van der Waals surface area (Å²) in [4.78, 5) is 33.9. The average molecular weight is 684 g/mol. The summed E-state index contributed by atoms with van der Waals surface area (Å²) >= 11 is 6.11. The summed E-state index contributed by atoms with van der Waals surface area (Å²) < 4.78 is 39.7. The number of alkyl halides is 3. The van der Waals surface area contributed by atoms with Crippen LogP contribution in [0.25, 0.3) is 0 Å². The van der Waals surface area contributed by atoms with Gasteiger partial charge in [0.15, 0.2) is 0 Å². The van der Waals surface area contributed by atoms with Crippen LogP contribution in [0, 0.1) is 0 Å². The number of fused-ring (bicyclic) bond motifs is 1. The number of benzene rings is 3. The largest absolute Gasteiger partial charge is 0.416 e. The number of likely N-dealkylation sites (N-methyl/N-ethyl adjacent to an activating group) is 1. The van der Waals surface area contributed by atoms with Gasteiger partial charge in [0.1, 0.15) is 6.04 Å². The number of carbonyl (C=O) groups excluding carboxylic acids is 2. The summed E-state index contributed by atoms with van der Waals surface area (Å²) in [5.41, 5.74) is 3.42. The van der Waals surface area contributed by atoms with Crippen LogP contribution in [0.4, 0.5) is 13.2 Å². The van der Waals surface area contributed by atoms with E-state index in [9.17, 15) is 22.8 Å². The second kappa shape index (κ2) is 16.3. The molecule has 5 rings (SSSR count). The van der Waals surface area contributed by atoms with Gasteiger partial charge in [-0.2, -0.15) is 13.2 Å².